The van der Waals surface area contributed by atoms with Crippen LogP contribution < -0.4 is 5.32 Å². The van der Waals surface area contributed by atoms with Gasteiger partial charge in [0.25, 0.3) is 5.91 Å². The van der Waals surface area contributed by atoms with Gasteiger partial charge >= 0.3 is 14.8 Å². The van der Waals surface area contributed by atoms with E-state index in [1.807, 2.05) is 0 Å². The maximum Gasteiger partial charge on any atom is 0.500 e. The fraction of sp³-hybridized carbons (Fsp3) is 0.636. The number of hydrogen-bond donors (Lipinski definition) is 1. The number of ether oxygens (including phenoxy) is 1. The number of rotatable bonds is 10. The van der Waals surface area contributed by atoms with Crippen molar-refractivity contribution in [3.63, 3.8) is 0 Å². The van der Waals surface area contributed by atoms with E-state index in [1.54, 1.807) is 0 Å². The molecule has 8 heteroatoms. The van der Waals surface area contributed by atoms with Crippen molar-refractivity contribution >= 4 is 20.7 Å². The van der Waals surface area contributed by atoms with Gasteiger partial charge in [-0.05, 0) is 6.42 Å². The molecule has 0 saturated heterocycles. The summed E-state index contributed by atoms with van der Waals surface area (Å²) in [6, 6.07) is 0.587. The molecule has 0 aromatic heterocycles. The normalized spacial score (nSPS) is 10.9. The molecule has 0 aliphatic carbocycles. The summed E-state index contributed by atoms with van der Waals surface area (Å²) in [7, 11) is 2.02. The molecule has 0 aromatic carbocycles. The van der Waals surface area contributed by atoms with E-state index < -0.39 is 14.8 Å². The van der Waals surface area contributed by atoms with Crippen LogP contribution in [0, 0.1) is 0 Å². The highest BCUT2D eigenvalue weighted by molar-refractivity contribution is 6.60. The minimum absolute atomic E-state index is 0.313. The predicted octanol–water partition coefficient (Wildman–Crippen LogP) is 0.100. The molecule has 7 nitrogen and oxygen atoms in total. The summed E-state index contributed by atoms with van der Waals surface area (Å²) in [5.41, 5.74) is 0. The number of amides is 1. The van der Waals surface area contributed by atoms with Crippen molar-refractivity contribution in [1.29, 1.82) is 0 Å². The van der Waals surface area contributed by atoms with Crippen LogP contribution in [-0.2, 0) is 27.6 Å². The fourth-order valence-corrected chi connectivity index (χ4v) is 3.06. The van der Waals surface area contributed by atoms with Crippen molar-refractivity contribution < 1.29 is 27.6 Å². The SMILES string of the molecule is C=CC(=O)OCC(=O)NCCC[Si](OC)(OC)OC. The number of carbonyl (C=O) groups is 2. The molecule has 0 aromatic rings. The molecular formula is C11H21NO6Si. The Balaban J connectivity index is 3.82. The highest BCUT2D eigenvalue weighted by Crippen LogP contribution is 2.14. The first kappa shape index (κ1) is 17.8. The zero-order valence-electron chi connectivity index (χ0n) is 11.6. The van der Waals surface area contributed by atoms with Gasteiger partial charge in [0, 0.05) is 40.0 Å². The summed E-state index contributed by atoms with van der Waals surface area (Å²) in [4.78, 5) is 22.0. The molecule has 0 fully saturated rings. The van der Waals surface area contributed by atoms with E-state index in [9.17, 15) is 9.59 Å². The minimum atomic E-state index is -2.58. The molecule has 19 heavy (non-hydrogen) atoms. The second kappa shape index (κ2) is 9.67. The molecule has 0 rings (SSSR count). The predicted molar refractivity (Wildman–Crippen MR) is 70.4 cm³/mol. The van der Waals surface area contributed by atoms with Crippen LogP contribution in [0.1, 0.15) is 6.42 Å². The fourth-order valence-electron chi connectivity index (χ4n) is 1.34. The number of carbonyl (C=O) groups excluding carboxylic acids is 2. The van der Waals surface area contributed by atoms with Crippen LogP contribution >= 0.6 is 0 Å². The van der Waals surface area contributed by atoms with Crippen LogP contribution in [0.15, 0.2) is 12.7 Å². The van der Waals surface area contributed by atoms with Gasteiger partial charge in [-0.3, -0.25) is 4.79 Å². The summed E-state index contributed by atoms with van der Waals surface area (Å²) in [5.74, 6) is -0.991. The van der Waals surface area contributed by atoms with Gasteiger partial charge < -0.3 is 23.3 Å². The van der Waals surface area contributed by atoms with Crippen LogP contribution in [0.2, 0.25) is 6.04 Å². The van der Waals surface area contributed by atoms with Gasteiger partial charge in [-0.1, -0.05) is 6.58 Å². The molecule has 0 heterocycles. The van der Waals surface area contributed by atoms with Gasteiger partial charge in [0.15, 0.2) is 6.61 Å². The average Bonchev–Trinajstić information content (AvgIpc) is 2.45. The molecule has 0 unspecified atom stereocenters. The summed E-state index contributed by atoms with van der Waals surface area (Å²) in [5, 5.41) is 2.61. The Hall–Kier alpha value is -1.22. The summed E-state index contributed by atoms with van der Waals surface area (Å²) < 4.78 is 20.3. The number of hydrogen-bond acceptors (Lipinski definition) is 6. The highest BCUT2D eigenvalue weighted by Gasteiger charge is 2.36. The molecule has 0 saturated carbocycles. The van der Waals surface area contributed by atoms with Crippen LogP contribution in [0.25, 0.3) is 0 Å². The third-order valence-corrected chi connectivity index (χ3v) is 5.26. The number of esters is 1. The van der Waals surface area contributed by atoms with Gasteiger partial charge in [0.05, 0.1) is 0 Å². The van der Waals surface area contributed by atoms with Gasteiger partial charge in [-0.25, -0.2) is 4.79 Å². The second-order valence-electron chi connectivity index (χ2n) is 3.56. The molecule has 0 radical (unpaired) electrons. The monoisotopic (exact) mass is 291 g/mol. The third kappa shape index (κ3) is 7.06. The number of nitrogens with one attached hydrogen (secondary N) is 1. The standard InChI is InChI=1S/C11H21NO6Si/c1-5-11(14)18-9-10(13)12-7-6-8-19(15-2,16-3)17-4/h5H,1,6-9H2,2-4H3,(H,12,13). The maximum absolute atomic E-state index is 11.3. The lowest BCUT2D eigenvalue weighted by molar-refractivity contribution is -0.143. The van der Waals surface area contributed by atoms with E-state index in [4.69, 9.17) is 13.3 Å². The van der Waals surface area contributed by atoms with E-state index >= 15 is 0 Å². The largest absolute Gasteiger partial charge is 0.500 e. The lowest BCUT2D eigenvalue weighted by atomic mass is 10.4. The van der Waals surface area contributed by atoms with E-state index in [0.29, 0.717) is 19.0 Å². The van der Waals surface area contributed by atoms with E-state index in [-0.39, 0.29) is 12.5 Å². The topological polar surface area (TPSA) is 83.1 Å². The summed E-state index contributed by atoms with van der Waals surface area (Å²) in [6.45, 7) is 3.34. The van der Waals surface area contributed by atoms with Crippen molar-refractivity contribution in [2.75, 3.05) is 34.5 Å². The average molecular weight is 291 g/mol. The Morgan fingerprint density at radius 1 is 1.21 bits per heavy atom. The molecule has 1 N–H and O–H groups in total. The molecule has 110 valence electrons. The first-order valence-electron chi connectivity index (χ1n) is 5.75. The molecule has 0 aliphatic heterocycles. The van der Waals surface area contributed by atoms with Crippen LogP contribution in [0.3, 0.4) is 0 Å². The van der Waals surface area contributed by atoms with E-state index in [2.05, 4.69) is 16.6 Å². The molecular weight excluding hydrogens is 270 g/mol. The zero-order valence-corrected chi connectivity index (χ0v) is 12.6. The van der Waals surface area contributed by atoms with Gasteiger partial charge in [0.2, 0.25) is 0 Å². The van der Waals surface area contributed by atoms with Crippen molar-refractivity contribution in [3.05, 3.63) is 12.7 Å². The summed E-state index contributed by atoms with van der Waals surface area (Å²) >= 11 is 0. The van der Waals surface area contributed by atoms with Gasteiger partial charge in [-0.15, -0.1) is 0 Å². The quantitative estimate of drug-likeness (QED) is 0.266. The molecule has 1 amide bonds. The Bertz CT molecular complexity index is 297. The van der Waals surface area contributed by atoms with Crippen LogP contribution in [-0.4, -0.2) is 55.2 Å². The summed E-state index contributed by atoms with van der Waals surface area (Å²) in [6.07, 6.45) is 1.64. The molecule has 0 bridgehead atoms. The third-order valence-electron chi connectivity index (χ3n) is 2.43. The van der Waals surface area contributed by atoms with Gasteiger partial charge in [-0.2, -0.15) is 0 Å². The van der Waals surface area contributed by atoms with Crippen molar-refractivity contribution in [2.45, 2.75) is 12.5 Å². The lowest BCUT2D eigenvalue weighted by Crippen LogP contribution is -2.43. The Labute approximate surface area is 114 Å². The Morgan fingerprint density at radius 2 is 1.79 bits per heavy atom. The second-order valence-corrected chi connectivity index (χ2v) is 6.65. The van der Waals surface area contributed by atoms with Crippen molar-refractivity contribution in [2.24, 2.45) is 0 Å². The van der Waals surface area contributed by atoms with Crippen molar-refractivity contribution in [3.8, 4) is 0 Å². The Morgan fingerprint density at radius 3 is 2.26 bits per heavy atom. The first-order chi connectivity index (χ1) is 9.03. The first-order valence-corrected chi connectivity index (χ1v) is 7.68. The van der Waals surface area contributed by atoms with Crippen molar-refractivity contribution in [1.82, 2.24) is 5.32 Å². The van der Waals surface area contributed by atoms with E-state index in [0.717, 1.165) is 6.08 Å². The van der Waals surface area contributed by atoms with Crippen LogP contribution in [0.5, 0.6) is 0 Å². The lowest BCUT2D eigenvalue weighted by Gasteiger charge is -2.24. The maximum atomic E-state index is 11.3. The molecule has 0 spiro atoms. The Kier molecular flexibility index (Phi) is 9.05. The molecule has 0 aliphatic rings. The zero-order chi connectivity index (χ0) is 14.7. The molecule has 0 atom stereocenters. The van der Waals surface area contributed by atoms with Gasteiger partial charge in [0.1, 0.15) is 0 Å². The van der Waals surface area contributed by atoms with Crippen LogP contribution in [0.4, 0.5) is 0 Å². The van der Waals surface area contributed by atoms with E-state index in [1.165, 1.54) is 21.3 Å². The smallest absolute Gasteiger partial charge is 0.452 e. The highest BCUT2D eigenvalue weighted by atomic mass is 28.4. The minimum Gasteiger partial charge on any atom is -0.452 e.